The molecule has 3 aromatic rings. The molecule has 0 spiro atoms. The van der Waals surface area contributed by atoms with E-state index in [9.17, 15) is 0 Å². The molecular formula is C15H15N5. The molecule has 3 rings (SSSR count). The van der Waals surface area contributed by atoms with Gasteiger partial charge in [-0.15, -0.1) is 0 Å². The first kappa shape index (κ1) is 12.3. The molecular weight excluding hydrogens is 250 g/mol. The van der Waals surface area contributed by atoms with E-state index in [4.69, 9.17) is 0 Å². The lowest BCUT2D eigenvalue weighted by molar-refractivity contribution is 0.687. The van der Waals surface area contributed by atoms with E-state index in [0.29, 0.717) is 6.54 Å². The van der Waals surface area contributed by atoms with Crippen molar-refractivity contribution in [1.82, 2.24) is 19.7 Å². The molecule has 0 saturated heterocycles. The van der Waals surface area contributed by atoms with Gasteiger partial charge in [0.15, 0.2) is 0 Å². The summed E-state index contributed by atoms with van der Waals surface area (Å²) in [5.74, 6) is 0. The Balaban J connectivity index is 1.65. The van der Waals surface area contributed by atoms with Gasteiger partial charge in [-0.1, -0.05) is 12.1 Å². The molecule has 0 unspecified atom stereocenters. The number of hydrogen-bond donors (Lipinski definition) is 1. The van der Waals surface area contributed by atoms with Gasteiger partial charge in [-0.2, -0.15) is 5.10 Å². The van der Waals surface area contributed by atoms with Crippen molar-refractivity contribution in [3.05, 3.63) is 72.6 Å². The largest absolute Gasteiger partial charge is 0.379 e. The van der Waals surface area contributed by atoms with E-state index in [-0.39, 0.29) is 0 Å². The third-order valence-electron chi connectivity index (χ3n) is 2.92. The van der Waals surface area contributed by atoms with Gasteiger partial charge < -0.3 is 5.32 Å². The summed E-state index contributed by atoms with van der Waals surface area (Å²) >= 11 is 0. The molecule has 0 amide bonds. The van der Waals surface area contributed by atoms with E-state index in [1.807, 2.05) is 29.1 Å². The average molecular weight is 265 g/mol. The standard InChI is InChI=1S/C15H15N5/c1-3-13(12-20-8-2-5-19-20)9-14(4-1)18-11-15-10-16-6-7-17-15/h1-10,18H,11-12H2. The lowest BCUT2D eigenvalue weighted by atomic mass is 10.2. The number of hydrogen-bond acceptors (Lipinski definition) is 4. The molecule has 0 saturated carbocycles. The Morgan fingerprint density at radius 2 is 2.10 bits per heavy atom. The van der Waals surface area contributed by atoms with Crippen molar-refractivity contribution in [3.8, 4) is 0 Å². The SMILES string of the molecule is c1cc(Cn2cccn2)cc(NCc2cnccn2)c1. The fraction of sp³-hybridized carbons (Fsp3) is 0.133. The van der Waals surface area contributed by atoms with Gasteiger partial charge in [0.1, 0.15) is 0 Å². The van der Waals surface area contributed by atoms with E-state index in [2.05, 4.69) is 32.5 Å². The smallest absolute Gasteiger partial charge is 0.0777 e. The molecule has 0 aliphatic carbocycles. The molecule has 0 aliphatic heterocycles. The van der Waals surface area contributed by atoms with Crippen LogP contribution in [0.15, 0.2) is 61.3 Å². The van der Waals surface area contributed by atoms with Crippen LogP contribution in [0.4, 0.5) is 5.69 Å². The fourth-order valence-electron chi connectivity index (χ4n) is 1.97. The lowest BCUT2D eigenvalue weighted by Crippen LogP contribution is -2.03. The van der Waals surface area contributed by atoms with Crippen molar-refractivity contribution >= 4 is 5.69 Å². The van der Waals surface area contributed by atoms with E-state index in [1.165, 1.54) is 5.56 Å². The van der Waals surface area contributed by atoms with Crippen molar-refractivity contribution < 1.29 is 0 Å². The van der Waals surface area contributed by atoms with Crippen molar-refractivity contribution in [3.63, 3.8) is 0 Å². The van der Waals surface area contributed by atoms with E-state index >= 15 is 0 Å². The Bertz CT molecular complexity index is 649. The maximum atomic E-state index is 4.24. The number of rotatable bonds is 5. The summed E-state index contributed by atoms with van der Waals surface area (Å²) in [6, 6.07) is 10.2. The summed E-state index contributed by atoms with van der Waals surface area (Å²) in [6.45, 7) is 1.44. The zero-order chi connectivity index (χ0) is 13.6. The first-order valence-electron chi connectivity index (χ1n) is 6.45. The van der Waals surface area contributed by atoms with Gasteiger partial charge in [0.05, 0.1) is 25.0 Å². The first-order chi connectivity index (χ1) is 9.90. The molecule has 0 bridgehead atoms. The van der Waals surface area contributed by atoms with Crippen LogP contribution in [-0.4, -0.2) is 19.7 Å². The third kappa shape index (κ3) is 3.20. The van der Waals surface area contributed by atoms with Crippen LogP contribution in [0.2, 0.25) is 0 Å². The predicted molar refractivity (Wildman–Crippen MR) is 77.1 cm³/mol. The maximum Gasteiger partial charge on any atom is 0.0777 e. The van der Waals surface area contributed by atoms with Crippen LogP contribution in [0.1, 0.15) is 11.3 Å². The number of anilines is 1. The van der Waals surface area contributed by atoms with Crippen LogP contribution < -0.4 is 5.32 Å². The number of aromatic nitrogens is 4. The molecule has 0 radical (unpaired) electrons. The van der Waals surface area contributed by atoms with E-state index < -0.39 is 0 Å². The van der Waals surface area contributed by atoms with Crippen molar-refractivity contribution in [1.29, 1.82) is 0 Å². The van der Waals surface area contributed by atoms with Gasteiger partial charge in [-0.25, -0.2) is 0 Å². The highest BCUT2D eigenvalue weighted by Crippen LogP contribution is 2.12. The first-order valence-corrected chi connectivity index (χ1v) is 6.45. The molecule has 0 aliphatic rings. The molecule has 0 atom stereocenters. The zero-order valence-electron chi connectivity index (χ0n) is 11.0. The van der Waals surface area contributed by atoms with Crippen LogP contribution in [0.25, 0.3) is 0 Å². The minimum absolute atomic E-state index is 0.666. The molecule has 2 heterocycles. The second-order valence-electron chi connectivity index (χ2n) is 4.45. The van der Waals surface area contributed by atoms with Crippen molar-refractivity contribution in [2.75, 3.05) is 5.32 Å². The summed E-state index contributed by atoms with van der Waals surface area (Å²) in [5.41, 5.74) is 3.20. The van der Waals surface area contributed by atoms with Gasteiger partial charge in [-0.05, 0) is 23.8 Å². The molecule has 5 heteroatoms. The van der Waals surface area contributed by atoms with Crippen molar-refractivity contribution in [2.24, 2.45) is 0 Å². The zero-order valence-corrected chi connectivity index (χ0v) is 11.0. The third-order valence-corrected chi connectivity index (χ3v) is 2.92. The lowest BCUT2D eigenvalue weighted by Gasteiger charge is -2.08. The minimum atomic E-state index is 0.666. The minimum Gasteiger partial charge on any atom is -0.379 e. The number of nitrogens with one attached hydrogen (secondary N) is 1. The Hall–Kier alpha value is -2.69. The molecule has 2 aromatic heterocycles. The van der Waals surface area contributed by atoms with E-state index in [0.717, 1.165) is 17.9 Å². The van der Waals surface area contributed by atoms with Gasteiger partial charge >= 0.3 is 0 Å². The van der Waals surface area contributed by atoms with Crippen LogP contribution >= 0.6 is 0 Å². The molecule has 0 fully saturated rings. The normalized spacial score (nSPS) is 10.4. The Morgan fingerprint density at radius 3 is 2.90 bits per heavy atom. The van der Waals surface area contributed by atoms with E-state index in [1.54, 1.807) is 24.8 Å². The predicted octanol–water partition coefficient (Wildman–Crippen LogP) is 2.33. The fourth-order valence-corrected chi connectivity index (χ4v) is 1.97. The van der Waals surface area contributed by atoms with Gasteiger partial charge in [0.25, 0.3) is 0 Å². The van der Waals surface area contributed by atoms with Gasteiger partial charge in [0, 0.05) is 30.5 Å². The summed E-state index contributed by atoms with van der Waals surface area (Å²) in [4.78, 5) is 8.29. The summed E-state index contributed by atoms with van der Waals surface area (Å²) in [6.07, 6.45) is 8.88. The van der Waals surface area contributed by atoms with Crippen LogP contribution in [0.5, 0.6) is 0 Å². The summed E-state index contributed by atoms with van der Waals surface area (Å²) in [7, 11) is 0. The number of nitrogens with zero attached hydrogens (tertiary/aromatic N) is 4. The number of benzene rings is 1. The quantitative estimate of drug-likeness (QED) is 0.769. The molecule has 5 nitrogen and oxygen atoms in total. The maximum absolute atomic E-state index is 4.24. The highest BCUT2D eigenvalue weighted by atomic mass is 15.3. The highest BCUT2D eigenvalue weighted by molar-refractivity contribution is 5.45. The molecule has 1 aromatic carbocycles. The Morgan fingerprint density at radius 1 is 1.10 bits per heavy atom. The molecule has 1 N–H and O–H groups in total. The van der Waals surface area contributed by atoms with Crippen LogP contribution in [0.3, 0.4) is 0 Å². The second-order valence-corrected chi connectivity index (χ2v) is 4.45. The molecule has 100 valence electrons. The van der Waals surface area contributed by atoms with Crippen molar-refractivity contribution in [2.45, 2.75) is 13.1 Å². The van der Waals surface area contributed by atoms with Gasteiger partial charge in [-0.3, -0.25) is 14.6 Å². The monoisotopic (exact) mass is 265 g/mol. The Labute approximate surface area is 117 Å². The van der Waals surface area contributed by atoms with Crippen LogP contribution in [-0.2, 0) is 13.1 Å². The second kappa shape index (κ2) is 5.97. The van der Waals surface area contributed by atoms with Gasteiger partial charge in [0.2, 0.25) is 0 Å². The van der Waals surface area contributed by atoms with Crippen LogP contribution in [0, 0.1) is 0 Å². The topological polar surface area (TPSA) is 55.6 Å². The average Bonchev–Trinajstić information content (AvgIpc) is 3.00. The summed E-state index contributed by atoms with van der Waals surface area (Å²) < 4.78 is 1.90. The highest BCUT2D eigenvalue weighted by Gasteiger charge is 1.99. The summed E-state index contributed by atoms with van der Waals surface area (Å²) in [5, 5.41) is 7.56. The Kier molecular flexibility index (Phi) is 3.68. The molecule has 20 heavy (non-hydrogen) atoms.